The van der Waals surface area contributed by atoms with Crippen LogP contribution in [0.4, 0.5) is 5.82 Å². The van der Waals surface area contributed by atoms with Crippen LogP contribution in [0.15, 0.2) is 51.3 Å². The van der Waals surface area contributed by atoms with Crippen molar-refractivity contribution in [2.45, 2.75) is 41.1 Å². The molecule has 6 rings (SSSR count). The van der Waals surface area contributed by atoms with E-state index in [1.165, 1.54) is 18.1 Å². The lowest BCUT2D eigenvalue weighted by Crippen LogP contribution is -2.28. The molecule has 35 heavy (non-hydrogen) atoms. The van der Waals surface area contributed by atoms with Crippen LogP contribution in [-0.4, -0.2) is 46.5 Å². The third-order valence-electron chi connectivity index (χ3n) is 5.81. The fourth-order valence-corrected chi connectivity index (χ4v) is 6.37. The van der Waals surface area contributed by atoms with E-state index in [9.17, 15) is 8.42 Å². The van der Waals surface area contributed by atoms with Crippen LogP contribution in [0.3, 0.4) is 0 Å². The molecule has 1 aliphatic heterocycles. The second-order valence-corrected chi connectivity index (χ2v) is 11.3. The molecule has 0 atom stereocenters. The van der Waals surface area contributed by atoms with Crippen molar-refractivity contribution >= 4 is 38.8 Å². The van der Waals surface area contributed by atoms with E-state index in [-0.39, 0.29) is 17.9 Å². The summed E-state index contributed by atoms with van der Waals surface area (Å²) in [5.41, 5.74) is 8.00. The van der Waals surface area contributed by atoms with Crippen LogP contribution >= 0.6 is 11.8 Å². The summed E-state index contributed by atoms with van der Waals surface area (Å²) in [5, 5.41) is 0.394. The quantitative estimate of drug-likeness (QED) is 0.319. The van der Waals surface area contributed by atoms with Crippen molar-refractivity contribution in [2.75, 3.05) is 19.1 Å². The maximum Gasteiger partial charge on any atom is 0.231 e. The van der Waals surface area contributed by atoms with Crippen molar-refractivity contribution in [1.82, 2.24) is 24.2 Å². The van der Waals surface area contributed by atoms with Gasteiger partial charge < -0.3 is 24.2 Å². The molecule has 1 fully saturated rings. The highest BCUT2D eigenvalue weighted by Crippen LogP contribution is 2.45. The van der Waals surface area contributed by atoms with Crippen molar-refractivity contribution in [3.8, 4) is 22.8 Å². The Bertz CT molecular complexity index is 1500. The van der Waals surface area contributed by atoms with Gasteiger partial charge in [-0.25, -0.2) is 28.1 Å². The number of fused-ring (bicyclic) bond motifs is 2. The number of furan rings is 1. The average Bonchev–Trinajstić information content (AvgIpc) is 3.24. The molecule has 0 spiro atoms. The number of benzene rings is 1. The molecule has 3 aromatic heterocycles. The molecule has 1 aliphatic carbocycles. The lowest BCUT2D eigenvalue weighted by Gasteiger charge is -2.12. The van der Waals surface area contributed by atoms with E-state index < -0.39 is 10.0 Å². The number of anilines is 1. The lowest BCUT2D eigenvalue weighted by molar-refractivity contribution is 0.174. The highest BCUT2D eigenvalue weighted by molar-refractivity contribution is 7.99. The standard InChI is InChI=1S/C22H22N6O5S2/c23-20-19-21(25-11-24-20)28(7-2-6-26-35(29,30)13-4-5-13)22(27-19)34-18-10-17-16(32-12-33-17)9-14(18)15-3-1-8-31-15/h1,3,8-11,13,26H,2,4-7,12H2,(H2,23,24,25). The van der Waals surface area contributed by atoms with Crippen LogP contribution in [0, 0.1) is 0 Å². The van der Waals surface area contributed by atoms with Gasteiger partial charge in [0.05, 0.1) is 11.5 Å². The maximum atomic E-state index is 12.2. The Hall–Kier alpha value is -3.29. The Labute approximate surface area is 205 Å². The number of nitrogens with one attached hydrogen (secondary N) is 1. The largest absolute Gasteiger partial charge is 0.464 e. The van der Waals surface area contributed by atoms with Crippen LogP contribution in [0.5, 0.6) is 11.5 Å². The minimum absolute atomic E-state index is 0.155. The van der Waals surface area contributed by atoms with Gasteiger partial charge in [0, 0.05) is 23.5 Å². The molecule has 3 N–H and O–H groups in total. The predicted octanol–water partition coefficient (Wildman–Crippen LogP) is 3.02. The fourth-order valence-electron chi connectivity index (χ4n) is 3.89. The molecule has 1 aromatic carbocycles. The summed E-state index contributed by atoms with van der Waals surface area (Å²) in [7, 11) is -3.23. The smallest absolute Gasteiger partial charge is 0.231 e. The molecule has 1 saturated carbocycles. The van der Waals surface area contributed by atoms with Crippen LogP contribution in [-0.2, 0) is 16.6 Å². The highest BCUT2D eigenvalue weighted by atomic mass is 32.2. The molecular formula is C22H22N6O5S2. The van der Waals surface area contributed by atoms with Gasteiger partial charge in [-0.2, -0.15) is 0 Å². The number of hydrogen-bond acceptors (Lipinski definition) is 10. The minimum Gasteiger partial charge on any atom is -0.464 e. The van der Waals surface area contributed by atoms with Gasteiger partial charge in [0.2, 0.25) is 16.8 Å². The molecule has 13 heteroatoms. The number of nitrogens with two attached hydrogens (primary N) is 1. The third kappa shape index (κ3) is 4.30. The second kappa shape index (κ2) is 8.73. The minimum atomic E-state index is -3.23. The molecule has 2 aliphatic rings. The molecule has 0 saturated heterocycles. The number of sulfonamides is 1. The fraction of sp³-hybridized carbons (Fsp3) is 0.318. The van der Waals surface area contributed by atoms with E-state index in [1.807, 2.05) is 28.8 Å². The van der Waals surface area contributed by atoms with Crippen molar-refractivity contribution in [3.63, 3.8) is 0 Å². The molecule has 4 aromatic rings. The number of hydrogen-bond donors (Lipinski definition) is 2. The molecule has 11 nitrogen and oxygen atoms in total. The van der Waals surface area contributed by atoms with E-state index in [4.69, 9.17) is 24.6 Å². The molecule has 0 bridgehead atoms. The number of imidazole rings is 1. The number of nitrogen functional groups attached to an aromatic ring is 1. The molecule has 0 unspecified atom stereocenters. The van der Waals surface area contributed by atoms with Gasteiger partial charge in [0.15, 0.2) is 33.6 Å². The van der Waals surface area contributed by atoms with Crippen LogP contribution in [0.1, 0.15) is 19.3 Å². The van der Waals surface area contributed by atoms with Gasteiger partial charge in [-0.3, -0.25) is 0 Å². The van der Waals surface area contributed by atoms with Gasteiger partial charge >= 0.3 is 0 Å². The summed E-state index contributed by atoms with van der Waals surface area (Å²) in [6.45, 7) is 0.969. The summed E-state index contributed by atoms with van der Waals surface area (Å²) in [6, 6.07) is 7.48. The van der Waals surface area contributed by atoms with Crippen molar-refractivity contribution in [1.29, 1.82) is 0 Å². The van der Waals surface area contributed by atoms with E-state index in [1.54, 1.807) is 6.26 Å². The molecule has 182 valence electrons. The second-order valence-electron chi connectivity index (χ2n) is 8.25. The Morgan fingerprint density at radius 2 is 2.03 bits per heavy atom. The van der Waals surface area contributed by atoms with Crippen LogP contribution in [0.2, 0.25) is 0 Å². The molecule has 0 radical (unpaired) electrons. The summed E-state index contributed by atoms with van der Waals surface area (Å²) in [6.07, 6.45) is 5.02. The number of ether oxygens (including phenoxy) is 2. The van der Waals surface area contributed by atoms with Crippen LogP contribution in [0.25, 0.3) is 22.5 Å². The average molecular weight is 515 g/mol. The van der Waals surface area contributed by atoms with Crippen molar-refractivity contribution in [3.05, 3.63) is 36.9 Å². The zero-order valence-corrected chi connectivity index (χ0v) is 20.1. The van der Waals surface area contributed by atoms with Crippen molar-refractivity contribution < 1.29 is 22.3 Å². The molecular weight excluding hydrogens is 492 g/mol. The molecule has 4 heterocycles. The number of aromatic nitrogens is 4. The summed E-state index contributed by atoms with van der Waals surface area (Å²) in [5.74, 6) is 2.25. The van der Waals surface area contributed by atoms with Gasteiger partial charge in [-0.05, 0) is 43.5 Å². The van der Waals surface area contributed by atoms with Gasteiger partial charge in [-0.1, -0.05) is 11.8 Å². The monoisotopic (exact) mass is 514 g/mol. The Balaban J connectivity index is 1.33. The normalized spacial score (nSPS) is 15.2. The first kappa shape index (κ1) is 22.2. The first-order valence-corrected chi connectivity index (χ1v) is 13.5. The zero-order valence-electron chi connectivity index (χ0n) is 18.5. The van der Waals surface area contributed by atoms with E-state index >= 15 is 0 Å². The Morgan fingerprint density at radius 1 is 1.20 bits per heavy atom. The SMILES string of the molecule is Nc1ncnc2c1nc(Sc1cc3c(cc1-c1ccco1)OCO3)n2CCCNS(=O)(=O)C1CC1. The summed E-state index contributed by atoms with van der Waals surface area (Å²) in [4.78, 5) is 14.0. The van der Waals surface area contributed by atoms with E-state index in [0.29, 0.717) is 53.1 Å². The van der Waals surface area contributed by atoms with E-state index in [2.05, 4.69) is 14.7 Å². The summed E-state index contributed by atoms with van der Waals surface area (Å²) < 4.78 is 45.8. The predicted molar refractivity (Wildman–Crippen MR) is 129 cm³/mol. The number of nitrogens with zero attached hydrogens (tertiary/aromatic N) is 4. The third-order valence-corrected chi connectivity index (χ3v) is 8.82. The van der Waals surface area contributed by atoms with Gasteiger partial charge in [0.1, 0.15) is 12.1 Å². The van der Waals surface area contributed by atoms with E-state index in [0.717, 1.165) is 23.3 Å². The molecule has 0 amide bonds. The maximum absolute atomic E-state index is 12.2. The van der Waals surface area contributed by atoms with Gasteiger partial charge in [0.25, 0.3) is 0 Å². The Morgan fingerprint density at radius 3 is 2.80 bits per heavy atom. The topological polar surface area (TPSA) is 147 Å². The first-order valence-electron chi connectivity index (χ1n) is 11.1. The highest BCUT2D eigenvalue weighted by Gasteiger charge is 2.35. The first-order chi connectivity index (χ1) is 17.0. The Kier molecular flexibility index (Phi) is 5.54. The van der Waals surface area contributed by atoms with Gasteiger partial charge in [-0.15, -0.1) is 0 Å². The zero-order chi connectivity index (χ0) is 24.0. The lowest BCUT2D eigenvalue weighted by atomic mass is 10.1. The van der Waals surface area contributed by atoms with Crippen molar-refractivity contribution in [2.24, 2.45) is 0 Å². The number of rotatable bonds is 9. The summed E-state index contributed by atoms with van der Waals surface area (Å²) >= 11 is 1.41. The number of aryl methyl sites for hydroxylation is 1. The van der Waals surface area contributed by atoms with Crippen LogP contribution < -0.4 is 19.9 Å².